The lowest BCUT2D eigenvalue weighted by Crippen LogP contribution is -2.45. The summed E-state index contributed by atoms with van der Waals surface area (Å²) in [5, 5.41) is 0. The van der Waals surface area contributed by atoms with Gasteiger partial charge in [-0.1, -0.05) is 82.6 Å². The van der Waals surface area contributed by atoms with Gasteiger partial charge in [-0.25, -0.2) is 0 Å². The fourth-order valence-corrected chi connectivity index (χ4v) is 11.7. The molecule has 12 heteroatoms. The Morgan fingerprint density at radius 2 is 0.756 bits per heavy atom. The molecule has 0 spiro atoms. The van der Waals surface area contributed by atoms with Gasteiger partial charge in [-0.05, 0) is 181 Å². The molecule has 0 aromatic heterocycles. The zero-order chi connectivity index (χ0) is 58.4. The summed E-state index contributed by atoms with van der Waals surface area (Å²) in [4.78, 5) is 20.2. The minimum atomic E-state index is 0.386. The van der Waals surface area contributed by atoms with Crippen molar-refractivity contribution in [3.8, 4) is 0 Å². The second-order valence-corrected chi connectivity index (χ2v) is 27.7. The van der Waals surface area contributed by atoms with Crippen LogP contribution in [0.5, 0.6) is 0 Å². The Balaban J connectivity index is 0.000000457. The van der Waals surface area contributed by atoms with Crippen molar-refractivity contribution in [1.82, 2.24) is 39.2 Å². The van der Waals surface area contributed by atoms with Crippen LogP contribution in [0.2, 0.25) is 0 Å². The van der Waals surface area contributed by atoms with Crippen molar-refractivity contribution in [2.75, 3.05) is 172 Å². The Labute approximate surface area is 488 Å². The van der Waals surface area contributed by atoms with Crippen LogP contribution >= 0.6 is 0 Å². The lowest BCUT2D eigenvalue weighted by molar-refractivity contribution is -0.0280. The smallest absolute Gasteiger partial charge is 0.0698 e. The van der Waals surface area contributed by atoms with E-state index in [0.717, 1.165) is 80.4 Å². The van der Waals surface area contributed by atoms with E-state index in [1.165, 1.54) is 188 Å². The van der Waals surface area contributed by atoms with Crippen LogP contribution in [0, 0.1) is 35.5 Å². The molecule has 0 radical (unpaired) electrons. The largest absolute Gasteiger partial charge is 0.381 e. The van der Waals surface area contributed by atoms with Crippen molar-refractivity contribution >= 4 is 0 Å². The molecular weight excluding hydrogens is 969 g/mol. The number of nitrogens with zero attached hydrogens (tertiary/aromatic N) is 8. The van der Waals surface area contributed by atoms with Gasteiger partial charge in [0.1, 0.15) is 0 Å². The molecule has 0 bridgehead atoms. The van der Waals surface area contributed by atoms with Crippen molar-refractivity contribution in [3.63, 3.8) is 0 Å². The average molecular weight is 1110 g/mol. The van der Waals surface area contributed by atoms with Crippen molar-refractivity contribution in [2.24, 2.45) is 35.5 Å². The zero-order valence-electron chi connectivity index (χ0n) is 56.2. The molecule has 468 valence electrons. The summed E-state index contributed by atoms with van der Waals surface area (Å²) in [6.45, 7) is 66.4. The number of likely N-dealkylation sites (tertiary alicyclic amines) is 5. The van der Waals surface area contributed by atoms with E-state index in [0.29, 0.717) is 24.4 Å². The van der Waals surface area contributed by atoms with E-state index in [1.807, 2.05) is 14.2 Å². The molecule has 0 saturated carbocycles. The highest BCUT2D eigenvalue weighted by atomic mass is 16.5. The van der Waals surface area contributed by atoms with E-state index in [4.69, 9.17) is 18.9 Å². The SMILES string of the molecule is CC(C)CN1CCC(OC(C)C)CC1.CC(C)CN1CCN(C)CC1.CC(C)CN1CCOCC1.CC(C)N1CCCCC1.CC1CCN(C(C)C)CC1.COC1CCCN(CC(C)C)C1.COC1CCN(CC(C)C)CC1. The number of likely N-dealkylation sites (N-methyl/N-ethyl adjacent to an activating group) is 1. The van der Waals surface area contributed by atoms with Gasteiger partial charge in [0.05, 0.1) is 37.6 Å². The highest BCUT2D eigenvalue weighted by molar-refractivity contribution is 4.77. The van der Waals surface area contributed by atoms with Gasteiger partial charge in [-0.15, -0.1) is 0 Å². The normalized spacial score (nSPS) is 23.0. The highest BCUT2D eigenvalue weighted by Gasteiger charge is 2.23. The van der Waals surface area contributed by atoms with Crippen molar-refractivity contribution in [1.29, 1.82) is 0 Å². The molecule has 7 rings (SSSR count). The molecule has 12 nitrogen and oxygen atoms in total. The molecule has 0 N–H and O–H groups in total. The first-order chi connectivity index (χ1) is 37.0. The summed E-state index contributed by atoms with van der Waals surface area (Å²) >= 11 is 0. The second kappa shape index (κ2) is 45.9. The Hall–Kier alpha value is -0.480. The van der Waals surface area contributed by atoms with E-state index in [-0.39, 0.29) is 0 Å². The molecule has 0 amide bonds. The third-order valence-corrected chi connectivity index (χ3v) is 16.1. The van der Waals surface area contributed by atoms with Crippen LogP contribution in [0.15, 0.2) is 0 Å². The maximum absolute atomic E-state index is 5.82. The summed E-state index contributed by atoms with van der Waals surface area (Å²) < 4.78 is 21.7. The monoisotopic (exact) mass is 1110 g/mol. The first-order valence-electron chi connectivity index (χ1n) is 33.1. The summed E-state index contributed by atoms with van der Waals surface area (Å²) in [6.07, 6.45) is 16.4. The number of methoxy groups -OCH3 is 2. The Morgan fingerprint density at radius 1 is 0.372 bits per heavy atom. The van der Waals surface area contributed by atoms with Crippen LogP contribution in [0.4, 0.5) is 0 Å². The van der Waals surface area contributed by atoms with Crippen molar-refractivity contribution < 1.29 is 18.9 Å². The lowest BCUT2D eigenvalue weighted by Gasteiger charge is -2.33. The Morgan fingerprint density at radius 3 is 1.14 bits per heavy atom. The van der Waals surface area contributed by atoms with E-state index < -0.39 is 0 Å². The summed E-state index contributed by atoms with van der Waals surface area (Å²) in [7, 11) is 5.85. The predicted molar refractivity (Wildman–Crippen MR) is 340 cm³/mol. The van der Waals surface area contributed by atoms with Gasteiger partial charge in [0.15, 0.2) is 0 Å². The average Bonchev–Trinajstić information content (AvgIpc) is 3.39. The zero-order valence-corrected chi connectivity index (χ0v) is 56.2. The minimum Gasteiger partial charge on any atom is -0.381 e. The fourth-order valence-electron chi connectivity index (χ4n) is 11.7. The molecule has 7 saturated heterocycles. The molecule has 0 aromatic rings. The molecule has 0 aliphatic carbocycles. The Kier molecular flexibility index (Phi) is 44.4. The molecule has 7 heterocycles. The first kappa shape index (κ1) is 75.5. The van der Waals surface area contributed by atoms with Gasteiger partial charge in [-0.2, -0.15) is 0 Å². The number of piperidine rings is 5. The summed E-state index contributed by atoms with van der Waals surface area (Å²) in [5.41, 5.74) is 0. The third-order valence-electron chi connectivity index (χ3n) is 16.1. The highest BCUT2D eigenvalue weighted by Crippen LogP contribution is 2.19. The molecule has 1 unspecified atom stereocenters. The predicted octanol–water partition coefficient (Wildman–Crippen LogP) is 11.9. The maximum atomic E-state index is 5.82. The van der Waals surface area contributed by atoms with Crippen molar-refractivity contribution in [3.05, 3.63) is 0 Å². The molecular formula is C66H140N8O4. The summed E-state index contributed by atoms with van der Waals surface area (Å²) in [5.74, 6) is 4.94. The second-order valence-electron chi connectivity index (χ2n) is 27.7. The van der Waals surface area contributed by atoms with Crippen LogP contribution < -0.4 is 0 Å². The molecule has 7 aliphatic rings. The van der Waals surface area contributed by atoms with Crippen LogP contribution in [0.1, 0.15) is 188 Å². The first-order valence-corrected chi connectivity index (χ1v) is 33.1. The molecule has 0 aromatic carbocycles. The standard InChI is InChI=1S/C12H25NO.2C10H21NO.C9H20N2.C9H19N.C8H17NO.C8H17N/c1-10(2)9-13-7-5-12(6-8-13)14-11(3)4;1-9(2)8-11-6-4-10(12-3)5-7-11;1-9(2)7-11-6-4-5-10(8-11)12-3;1-9(2)8-11-6-4-10(3)5-7-11;1-8(2)10-6-4-9(3)5-7-10;1-8(2)7-9-3-5-10-6-4-9;1-8(2)9-6-4-3-5-7-9/h10-12H,5-9H2,1-4H3;2*9-10H,4-8H2,1-3H3;9H,4-8H2,1-3H3;8-9H,4-7H2,1-3H3;8H,3-7H2,1-2H3;8H,3-7H2,1-2H3. The third kappa shape index (κ3) is 40.7. The number of rotatable bonds is 16. The topological polar surface area (TPSA) is 62.8 Å². The number of ether oxygens (including phenoxy) is 4. The van der Waals surface area contributed by atoms with Crippen LogP contribution in [0.25, 0.3) is 0 Å². The van der Waals surface area contributed by atoms with Gasteiger partial charge < -0.3 is 53.2 Å². The maximum Gasteiger partial charge on any atom is 0.0698 e. The van der Waals surface area contributed by atoms with Crippen LogP contribution in [-0.2, 0) is 18.9 Å². The number of hydrogen-bond donors (Lipinski definition) is 0. The van der Waals surface area contributed by atoms with Gasteiger partial charge in [-0.3, -0.25) is 4.90 Å². The fraction of sp³-hybridized carbons (Fsp3) is 1.00. The van der Waals surface area contributed by atoms with Gasteiger partial charge in [0.2, 0.25) is 0 Å². The Bertz CT molecular complexity index is 1280. The van der Waals surface area contributed by atoms with Crippen LogP contribution in [-0.4, -0.2) is 248 Å². The molecule has 7 fully saturated rings. The lowest BCUT2D eigenvalue weighted by atomic mass is 9.98. The number of morpholine rings is 1. The molecule has 1 atom stereocenters. The van der Waals surface area contributed by atoms with E-state index >= 15 is 0 Å². The van der Waals surface area contributed by atoms with Crippen molar-refractivity contribution in [2.45, 2.75) is 225 Å². The van der Waals surface area contributed by atoms with Crippen LogP contribution in [0.3, 0.4) is 0 Å². The minimum absolute atomic E-state index is 0.386. The number of hydrogen-bond acceptors (Lipinski definition) is 12. The van der Waals surface area contributed by atoms with Gasteiger partial charge in [0, 0.05) is 131 Å². The number of piperazine rings is 1. The molecule has 7 aliphatic heterocycles. The molecule has 78 heavy (non-hydrogen) atoms. The van der Waals surface area contributed by atoms with Gasteiger partial charge in [0.25, 0.3) is 0 Å². The van der Waals surface area contributed by atoms with E-state index in [1.54, 1.807) is 0 Å². The quantitative estimate of drug-likeness (QED) is 0.148. The summed E-state index contributed by atoms with van der Waals surface area (Å²) in [6, 6.07) is 1.53. The van der Waals surface area contributed by atoms with E-state index in [2.05, 4.69) is 164 Å². The van der Waals surface area contributed by atoms with E-state index in [9.17, 15) is 0 Å². The van der Waals surface area contributed by atoms with Gasteiger partial charge >= 0.3 is 0 Å².